The maximum absolute atomic E-state index is 12.6. The summed E-state index contributed by atoms with van der Waals surface area (Å²) in [4.78, 5) is 30.3. The number of nitrogens with one attached hydrogen (secondary N) is 1. The maximum Gasteiger partial charge on any atom is 0.340 e. The van der Waals surface area contributed by atoms with Gasteiger partial charge in [0.25, 0.3) is 0 Å². The molecule has 0 fully saturated rings. The fraction of sp³-hybridized carbons (Fsp3) is 0.0870. The standard InChI is InChI=1S/C23H18N2O3S2/c1-28-23(27)18-13-19(15-8-4-2-5-9-15)30-22(18)25-20(26)12-17-14-29-21(24-17)16-10-6-3-7-11-16/h2-11,13-14H,12H2,1H3,(H,25,26). The molecule has 0 bridgehead atoms. The van der Waals surface area contributed by atoms with Gasteiger partial charge in [0, 0.05) is 15.8 Å². The van der Waals surface area contributed by atoms with Crippen molar-refractivity contribution < 1.29 is 14.3 Å². The van der Waals surface area contributed by atoms with Crippen LogP contribution < -0.4 is 5.32 Å². The van der Waals surface area contributed by atoms with Crippen LogP contribution >= 0.6 is 22.7 Å². The van der Waals surface area contributed by atoms with Gasteiger partial charge in [0.05, 0.1) is 24.8 Å². The van der Waals surface area contributed by atoms with Gasteiger partial charge in [-0.2, -0.15) is 0 Å². The molecule has 5 nitrogen and oxygen atoms in total. The van der Waals surface area contributed by atoms with Crippen LogP contribution in [0.1, 0.15) is 16.1 Å². The molecule has 0 unspecified atom stereocenters. The summed E-state index contributed by atoms with van der Waals surface area (Å²) in [5.74, 6) is -0.713. The van der Waals surface area contributed by atoms with Gasteiger partial charge in [-0.3, -0.25) is 4.79 Å². The first-order valence-corrected chi connectivity index (χ1v) is 10.9. The second-order valence-corrected chi connectivity index (χ2v) is 8.36. The van der Waals surface area contributed by atoms with Gasteiger partial charge >= 0.3 is 5.97 Å². The number of hydrogen-bond donors (Lipinski definition) is 1. The highest BCUT2D eigenvalue weighted by Crippen LogP contribution is 2.36. The van der Waals surface area contributed by atoms with E-state index < -0.39 is 5.97 Å². The first kappa shape index (κ1) is 20.0. The van der Waals surface area contributed by atoms with E-state index in [1.807, 2.05) is 66.0 Å². The van der Waals surface area contributed by atoms with Crippen molar-refractivity contribution in [2.75, 3.05) is 12.4 Å². The van der Waals surface area contributed by atoms with Crippen molar-refractivity contribution in [1.82, 2.24) is 4.98 Å². The molecular formula is C23H18N2O3S2. The second-order valence-electron chi connectivity index (χ2n) is 6.45. The van der Waals surface area contributed by atoms with Gasteiger partial charge in [0.2, 0.25) is 5.91 Å². The van der Waals surface area contributed by atoms with E-state index in [9.17, 15) is 9.59 Å². The highest BCUT2D eigenvalue weighted by molar-refractivity contribution is 7.20. The molecule has 30 heavy (non-hydrogen) atoms. The van der Waals surface area contributed by atoms with Crippen LogP contribution in [0.4, 0.5) is 5.00 Å². The minimum Gasteiger partial charge on any atom is -0.465 e. The Hall–Kier alpha value is -3.29. The Kier molecular flexibility index (Phi) is 6.02. The lowest BCUT2D eigenvalue weighted by atomic mass is 10.1. The van der Waals surface area contributed by atoms with Gasteiger partial charge in [-0.15, -0.1) is 22.7 Å². The molecule has 0 radical (unpaired) electrons. The van der Waals surface area contributed by atoms with E-state index in [4.69, 9.17) is 4.74 Å². The van der Waals surface area contributed by atoms with Crippen LogP contribution in [0.5, 0.6) is 0 Å². The number of carbonyl (C=O) groups excluding carboxylic acids is 2. The summed E-state index contributed by atoms with van der Waals surface area (Å²) in [7, 11) is 1.33. The van der Waals surface area contributed by atoms with Gasteiger partial charge in [-0.25, -0.2) is 9.78 Å². The molecule has 0 atom stereocenters. The number of hydrogen-bond acceptors (Lipinski definition) is 6. The molecule has 0 saturated heterocycles. The van der Waals surface area contributed by atoms with Crippen molar-refractivity contribution in [2.24, 2.45) is 0 Å². The van der Waals surface area contributed by atoms with E-state index in [1.54, 1.807) is 6.07 Å². The molecule has 1 amide bonds. The Balaban J connectivity index is 1.52. The molecule has 0 aliphatic heterocycles. The average molecular weight is 435 g/mol. The predicted octanol–water partition coefficient (Wildman–Crippen LogP) is 5.51. The van der Waals surface area contributed by atoms with Crippen LogP contribution in [0.3, 0.4) is 0 Å². The highest BCUT2D eigenvalue weighted by Gasteiger charge is 2.20. The molecule has 150 valence electrons. The SMILES string of the molecule is COC(=O)c1cc(-c2ccccc2)sc1NC(=O)Cc1csc(-c2ccccc2)n1. The summed E-state index contributed by atoms with van der Waals surface area (Å²) in [6.07, 6.45) is 0.127. The van der Waals surface area contributed by atoms with Crippen molar-refractivity contribution in [3.05, 3.63) is 83.4 Å². The molecule has 2 aromatic heterocycles. The molecule has 7 heteroatoms. The van der Waals surface area contributed by atoms with Crippen LogP contribution in [0.25, 0.3) is 21.0 Å². The Morgan fingerprint density at radius 2 is 1.67 bits per heavy atom. The first-order chi connectivity index (χ1) is 14.6. The van der Waals surface area contributed by atoms with Crippen molar-refractivity contribution in [3.8, 4) is 21.0 Å². The predicted molar refractivity (Wildman–Crippen MR) is 121 cm³/mol. The minimum atomic E-state index is -0.483. The van der Waals surface area contributed by atoms with Gasteiger partial charge in [0.15, 0.2) is 0 Å². The second kappa shape index (κ2) is 9.02. The summed E-state index contributed by atoms with van der Waals surface area (Å²) in [6, 6.07) is 21.3. The molecule has 0 aliphatic rings. The lowest BCUT2D eigenvalue weighted by Crippen LogP contribution is -2.16. The third-order valence-electron chi connectivity index (χ3n) is 4.36. The normalized spacial score (nSPS) is 10.6. The van der Waals surface area contributed by atoms with Crippen LogP contribution in [-0.4, -0.2) is 24.0 Å². The third-order valence-corrected chi connectivity index (χ3v) is 6.40. The number of thiophene rings is 1. The van der Waals surface area contributed by atoms with Crippen molar-refractivity contribution >= 4 is 39.6 Å². The number of thiazole rings is 1. The van der Waals surface area contributed by atoms with E-state index in [-0.39, 0.29) is 12.3 Å². The van der Waals surface area contributed by atoms with Crippen LogP contribution in [0.2, 0.25) is 0 Å². The number of aromatic nitrogens is 1. The largest absolute Gasteiger partial charge is 0.465 e. The van der Waals surface area contributed by atoms with Crippen molar-refractivity contribution in [1.29, 1.82) is 0 Å². The van der Waals surface area contributed by atoms with Crippen molar-refractivity contribution in [3.63, 3.8) is 0 Å². The maximum atomic E-state index is 12.6. The molecule has 1 N–H and O–H groups in total. The molecule has 0 saturated carbocycles. The number of ether oxygens (including phenoxy) is 1. The molecule has 0 aliphatic carbocycles. The summed E-state index contributed by atoms with van der Waals surface area (Å²) < 4.78 is 4.88. The lowest BCUT2D eigenvalue weighted by molar-refractivity contribution is -0.115. The van der Waals surface area contributed by atoms with Crippen LogP contribution in [0, 0.1) is 0 Å². The molecular weight excluding hydrogens is 416 g/mol. The van der Waals surface area contributed by atoms with E-state index in [2.05, 4.69) is 10.3 Å². The minimum absolute atomic E-state index is 0.127. The zero-order valence-corrected chi connectivity index (χ0v) is 17.8. The number of rotatable bonds is 6. The van der Waals surface area contributed by atoms with Gasteiger partial charge in [-0.1, -0.05) is 60.7 Å². The fourth-order valence-electron chi connectivity index (χ4n) is 2.93. The number of carbonyl (C=O) groups is 2. The number of benzene rings is 2. The number of nitrogens with zero attached hydrogens (tertiary/aromatic N) is 1. The molecule has 0 spiro atoms. The topological polar surface area (TPSA) is 68.3 Å². The fourth-order valence-corrected chi connectivity index (χ4v) is 4.82. The van der Waals surface area contributed by atoms with E-state index in [0.717, 1.165) is 21.0 Å². The van der Waals surface area contributed by atoms with E-state index in [1.165, 1.54) is 29.8 Å². The number of methoxy groups -OCH3 is 1. The Morgan fingerprint density at radius 3 is 2.33 bits per heavy atom. The number of esters is 1. The Labute approximate surface area is 182 Å². The van der Waals surface area contributed by atoms with Crippen LogP contribution in [0.15, 0.2) is 72.1 Å². The number of anilines is 1. The molecule has 4 aromatic rings. The van der Waals surface area contributed by atoms with Gasteiger partial charge < -0.3 is 10.1 Å². The quantitative estimate of drug-likeness (QED) is 0.407. The van der Waals surface area contributed by atoms with E-state index in [0.29, 0.717) is 16.3 Å². The number of amides is 1. The van der Waals surface area contributed by atoms with Gasteiger partial charge in [-0.05, 0) is 11.6 Å². The zero-order chi connectivity index (χ0) is 20.9. The molecule has 4 rings (SSSR count). The average Bonchev–Trinajstić information content (AvgIpc) is 3.42. The summed E-state index contributed by atoms with van der Waals surface area (Å²) in [5, 5.41) is 6.09. The summed E-state index contributed by atoms with van der Waals surface area (Å²) in [6.45, 7) is 0. The van der Waals surface area contributed by atoms with Crippen LogP contribution in [-0.2, 0) is 16.0 Å². The smallest absolute Gasteiger partial charge is 0.340 e. The Morgan fingerprint density at radius 1 is 1.00 bits per heavy atom. The third kappa shape index (κ3) is 4.48. The van der Waals surface area contributed by atoms with Crippen molar-refractivity contribution in [2.45, 2.75) is 6.42 Å². The summed E-state index contributed by atoms with van der Waals surface area (Å²) in [5.41, 5.74) is 3.03. The Bertz CT molecular complexity index is 1170. The van der Waals surface area contributed by atoms with Gasteiger partial charge in [0.1, 0.15) is 10.0 Å². The zero-order valence-electron chi connectivity index (χ0n) is 16.1. The lowest BCUT2D eigenvalue weighted by Gasteiger charge is -2.04. The first-order valence-electron chi connectivity index (χ1n) is 9.21. The molecule has 2 heterocycles. The summed E-state index contributed by atoms with van der Waals surface area (Å²) >= 11 is 2.85. The molecule has 2 aromatic carbocycles. The van der Waals surface area contributed by atoms with E-state index >= 15 is 0 Å². The highest BCUT2D eigenvalue weighted by atomic mass is 32.1. The monoisotopic (exact) mass is 434 g/mol.